The van der Waals surface area contributed by atoms with E-state index in [1.165, 1.54) is 13.2 Å². The van der Waals surface area contributed by atoms with Gasteiger partial charge in [-0.3, -0.25) is 4.79 Å². The van der Waals surface area contributed by atoms with Gasteiger partial charge in [0.05, 0.1) is 7.11 Å². The molecule has 4 heteroatoms. The Morgan fingerprint density at radius 1 is 1.36 bits per heavy atom. The van der Waals surface area contributed by atoms with E-state index in [-0.39, 0.29) is 12.2 Å². The molecular weight excluding hydrogens is 316 g/mol. The summed E-state index contributed by atoms with van der Waals surface area (Å²) < 4.78 is 4.61. The van der Waals surface area contributed by atoms with Crippen LogP contribution in [0.3, 0.4) is 0 Å². The molecule has 1 atom stereocenters. The van der Waals surface area contributed by atoms with E-state index < -0.39 is 17.0 Å². The summed E-state index contributed by atoms with van der Waals surface area (Å²) in [7, 11) is 1.32. The molecule has 0 aromatic heterocycles. The molecule has 4 nitrogen and oxygen atoms in total. The van der Waals surface area contributed by atoms with Crippen LogP contribution >= 0.6 is 0 Å². The number of Topliss-reactive ketones (excluding diaryl/α,β-unsaturated/α-hetero) is 1. The van der Waals surface area contributed by atoms with Gasteiger partial charge in [0.25, 0.3) is 0 Å². The lowest BCUT2D eigenvalue weighted by Crippen LogP contribution is -2.49. The van der Waals surface area contributed by atoms with Crippen LogP contribution < -0.4 is 0 Å². The highest BCUT2D eigenvalue weighted by Crippen LogP contribution is 2.47. The molecule has 0 radical (unpaired) electrons. The van der Waals surface area contributed by atoms with Crippen molar-refractivity contribution in [1.82, 2.24) is 0 Å². The normalized spacial score (nSPS) is 23.5. The molecule has 25 heavy (non-hydrogen) atoms. The number of rotatable bonds is 4. The Morgan fingerprint density at radius 3 is 2.56 bits per heavy atom. The summed E-state index contributed by atoms with van der Waals surface area (Å²) in [5, 5.41) is 11.4. The smallest absolute Gasteiger partial charge is 0.330 e. The highest BCUT2D eigenvalue weighted by molar-refractivity contribution is 5.98. The van der Waals surface area contributed by atoms with Gasteiger partial charge < -0.3 is 9.84 Å². The van der Waals surface area contributed by atoms with Gasteiger partial charge in [-0.15, -0.1) is 5.92 Å². The van der Waals surface area contributed by atoms with Crippen LogP contribution in [-0.2, 0) is 14.3 Å². The van der Waals surface area contributed by atoms with E-state index in [1.807, 2.05) is 20.8 Å². The molecule has 0 unspecified atom stereocenters. The second-order valence-corrected chi connectivity index (χ2v) is 6.98. The van der Waals surface area contributed by atoms with Crippen molar-refractivity contribution < 1.29 is 19.4 Å². The highest BCUT2D eigenvalue weighted by Gasteiger charge is 2.49. The first-order chi connectivity index (χ1) is 11.6. The number of carbonyl (C=O) groups excluding carboxylic acids is 2. The maximum Gasteiger partial charge on any atom is 0.330 e. The van der Waals surface area contributed by atoms with Gasteiger partial charge in [-0.2, -0.15) is 0 Å². The Morgan fingerprint density at radius 2 is 2.00 bits per heavy atom. The first kappa shape index (κ1) is 20.9. The third-order valence-corrected chi connectivity index (χ3v) is 4.70. The number of hydrogen-bond acceptors (Lipinski definition) is 4. The summed E-state index contributed by atoms with van der Waals surface area (Å²) in [5.74, 6) is 5.55. The molecule has 136 valence electrons. The quantitative estimate of drug-likeness (QED) is 0.367. The van der Waals surface area contributed by atoms with Crippen molar-refractivity contribution in [1.29, 1.82) is 0 Å². The van der Waals surface area contributed by atoms with Crippen LogP contribution in [-0.4, -0.2) is 29.6 Å². The minimum Gasteiger partial charge on any atom is -0.466 e. The Balaban J connectivity index is 3.32. The predicted octanol–water partition coefficient (Wildman–Crippen LogP) is 3.51. The molecule has 0 amide bonds. The Hall–Kier alpha value is -2.12. The number of methoxy groups -OCH3 is 1. The van der Waals surface area contributed by atoms with E-state index in [9.17, 15) is 14.7 Å². The molecule has 0 heterocycles. The third kappa shape index (κ3) is 4.70. The van der Waals surface area contributed by atoms with Crippen molar-refractivity contribution in [2.45, 2.75) is 59.5 Å². The largest absolute Gasteiger partial charge is 0.466 e. The molecule has 0 aromatic carbocycles. The number of ketones is 1. The lowest BCUT2D eigenvalue weighted by atomic mass is 9.62. The molecule has 0 bridgehead atoms. The molecule has 0 saturated heterocycles. The maximum atomic E-state index is 12.5. The van der Waals surface area contributed by atoms with Gasteiger partial charge in [0.15, 0.2) is 5.78 Å². The molecule has 1 rings (SSSR count). The summed E-state index contributed by atoms with van der Waals surface area (Å²) in [4.78, 5) is 23.8. The van der Waals surface area contributed by atoms with Gasteiger partial charge in [0, 0.05) is 36.3 Å². The number of esters is 1. The average molecular weight is 344 g/mol. The molecule has 0 fully saturated rings. The molecule has 1 N–H and O–H groups in total. The first-order valence-electron chi connectivity index (χ1n) is 8.46. The van der Waals surface area contributed by atoms with E-state index >= 15 is 0 Å². The molecule has 0 aliphatic heterocycles. The number of carbonyl (C=O) groups is 2. The topological polar surface area (TPSA) is 63.6 Å². The second kappa shape index (κ2) is 8.31. The van der Waals surface area contributed by atoms with Crippen molar-refractivity contribution >= 4 is 11.8 Å². The second-order valence-electron chi connectivity index (χ2n) is 6.98. The van der Waals surface area contributed by atoms with Crippen LogP contribution in [0.2, 0.25) is 0 Å². The zero-order chi connectivity index (χ0) is 19.3. The molecular formula is C21H28O4. The summed E-state index contributed by atoms with van der Waals surface area (Å²) in [6.07, 6.45) is 6.03. The first-order valence-corrected chi connectivity index (χ1v) is 8.46. The van der Waals surface area contributed by atoms with Crippen LogP contribution in [0, 0.1) is 17.3 Å². The SMILES string of the molecule is CCC#CCC1=C(C)[C@](O)(C=CC(C)=CC(=O)OC)C(C)(C)CC1=O. The summed E-state index contributed by atoms with van der Waals surface area (Å²) in [6, 6.07) is 0. The standard InChI is InChI=1S/C21H28O4/c1-7-8-9-10-17-16(3)21(24,20(4,5)14-18(17)22)12-11-15(2)13-19(23)25-6/h11-13,24H,7,10,14H2,1-6H3/t21-/m1/s1. The Bertz CT molecular complexity index is 695. The van der Waals surface area contributed by atoms with E-state index in [0.29, 0.717) is 23.1 Å². The zero-order valence-corrected chi connectivity index (χ0v) is 16.0. The van der Waals surface area contributed by atoms with Crippen molar-refractivity contribution in [3.63, 3.8) is 0 Å². The lowest BCUT2D eigenvalue weighted by Gasteiger charge is -2.45. The van der Waals surface area contributed by atoms with Gasteiger partial charge in [0.2, 0.25) is 0 Å². The van der Waals surface area contributed by atoms with Gasteiger partial charge in [0.1, 0.15) is 5.60 Å². The monoisotopic (exact) mass is 344 g/mol. The predicted molar refractivity (Wildman–Crippen MR) is 98.7 cm³/mol. The van der Waals surface area contributed by atoms with Crippen molar-refractivity contribution in [3.05, 3.63) is 34.9 Å². The van der Waals surface area contributed by atoms with Crippen molar-refractivity contribution in [2.75, 3.05) is 7.11 Å². The summed E-state index contributed by atoms with van der Waals surface area (Å²) >= 11 is 0. The number of aliphatic hydroxyl groups is 1. The minimum atomic E-state index is -1.28. The number of hydrogen-bond donors (Lipinski definition) is 1. The van der Waals surface area contributed by atoms with Crippen molar-refractivity contribution in [2.24, 2.45) is 5.41 Å². The van der Waals surface area contributed by atoms with E-state index in [0.717, 1.165) is 6.42 Å². The zero-order valence-electron chi connectivity index (χ0n) is 16.0. The van der Waals surface area contributed by atoms with Gasteiger partial charge >= 0.3 is 5.97 Å². The number of allylic oxidation sites excluding steroid dienone is 3. The van der Waals surface area contributed by atoms with Crippen LogP contribution in [0.1, 0.15) is 53.9 Å². The van der Waals surface area contributed by atoms with Gasteiger partial charge in [-0.05, 0) is 31.1 Å². The fourth-order valence-corrected chi connectivity index (χ4v) is 2.99. The number of ether oxygens (including phenoxy) is 1. The summed E-state index contributed by atoms with van der Waals surface area (Å²) in [5.41, 5.74) is -0.0656. The molecule has 1 aliphatic rings. The molecule has 0 saturated carbocycles. The molecule has 0 aromatic rings. The fraction of sp³-hybridized carbons (Fsp3) is 0.524. The Labute approximate surface area is 150 Å². The maximum absolute atomic E-state index is 12.5. The Kier molecular flexibility index (Phi) is 6.96. The van der Waals surface area contributed by atoms with Crippen LogP contribution in [0.15, 0.2) is 34.9 Å². The van der Waals surface area contributed by atoms with Gasteiger partial charge in [-0.25, -0.2) is 4.79 Å². The van der Waals surface area contributed by atoms with Crippen LogP contribution in [0.25, 0.3) is 0 Å². The van der Waals surface area contributed by atoms with Gasteiger partial charge in [-0.1, -0.05) is 32.8 Å². The van der Waals surface area contributed by atoms with E-state index in [1.54, 1.807) is 26.0 Å². The van der Waals surface area contributed by atoms with Crippen LogP contribution in [0.5, 0.6) is 0 Å². The van der Waals surface area contributed by atoms with Crippen LogP contribution in [0.4, 0.5) is 0 Å². The van der Waals surface area contributed by atoms with Crippen molar-refractivity contribution in [3.8, 4) is 11.8 Å². The third-order valence-electron chi connectivity index (χ3n) is 4.70. The van der Waals surface area contributed by atoms with E-state index in [4.69, 9.17) is 0 Å². The summed E-state index contributed by atoms with van der Waals surface area (Å²) in [6.45, 7) is 9.23. The molecule has 0 spiro atoms. The highest BCUT2D eigenvalue weighted by atomic mass is 16.5. The molecule has 1 aliphatic carbocycles. The fourth-order valence-electron chi connectivity index (χ4n) is 2.99. The average Bonchev–Trinajstić information content (AvgIpc) is 2.54. The lowest BCUT2D eigenvalue weighted by molar-refractivity contribution is -0.134. The minimum absolute atomic E-state index is 0.0350. The van der Waals surface area contributed by atoms with E-state index in [2.05, 4.69) is 16.6 Å².